The lowest BCUT2D eigenvalue weighted by atomic mass is 10.1. The van der Waals surface area contributed by atoms with Crippen molar-refractivity contribution in [2.24, 2.45) is 0 Å². The van der Waals surface area contributed by atoms with Gasteiger partial charge in [-0.15, -0.1) is 0 Å². The summed E-state index contributed by atoms with van der Waals surface area (Å²) in [4.78, 5) is 23.3. The summed E-state index contributed by atoms with van der Waals surface area (Å²) in [6.07, 6.45) is 0. The quantitative estimate of drug-likeness (QED) is 0.736. The SMILES string of the molecule is CC(C)(C)NC(=O)CNC(=O)c1ccc(Cl)c(N)c1. The highest BCUT2D eigenvalue weighted by Gasteiger charge is 2.15. The molecule has 1 rings (SSSR count). The Balaban J connectivity index is 2.56. The van der Waals surface area contributed by atoms with Crippen LogP contribution >= 0.6 is 11.6 Å². The molecular weight excluding hydrogens is 266 g/mol. The Morgan fingerprint density at radius 3 is 2.47 bits per heavy atom. The fourth-order valence-corrected chi connectivity index (χ4v) is 1.53. The molecule has 1 aromatic carbocycles. The van der Waals surface area contributed by atoms with Crippen LogP contribution in [0.2, 0.25) is 5.02 Å². The maximum atomic E-state index is 11.8. The predicted octanol–water partition coefficient (Wildman–Crippen LogP) is 1.57. The van der Waals surface area contributed by atoms with Crippen LogP contribution in [0.3, 0.4) is 0 Å². The highest BCUT2D eigenvalue weighted by Crippen LogP contribution is 2.19. The van der Waals surface area contributed by atoms with Crippen molar-refractivity contribution in [2.75, 3.05) is 12.3 Å². The number of nitrogens with two attached hydrogens (primary N) is 1. The average Bonchev–Trinajstić information content (AvgIpc) is 2.27. The van der Waals surface area contributed by atoms with Gasteiger partial charge in [0.15, 0.2) is 0 Å². The molecule has 1 aromatic rings. The van der Waals surface area contributed by atoms with Gasteiger partial charge in [-0.2, -0.15) is 0 Å². The van der Waals surface area contributed by atoms with E-state index in [1.165, 1.54) is 6.07 Å². The number of carbonyl (C=O) groups excluding carboxylic acids is 2. The molecule has 0 atom stereocenters. The van der Waals surface area contributed by atoms with Crippen LogP contribution in [0.5, 0.6) is 0 Å². The first kappa shape index (κ1) is 15.3. The second-order valence-corrected chi connectivity index (χ2v) is 5.62. The molecule has 0 unspecified atom stereocenters. The fraction of sp³-hybridized carbons (Fsp3) is 0.385. The van der Waals surface area contributed by atoms with Gasteiger partial charge >= 0.3 is 0 Å². The van der Waals surface area contributed by atoms with Crippen LogP contribution in [0.1, 0.15) is 31.1 Å². The van der Waals surface area contributed by atoms with E-state index in [0.29, 0.717) is 16.3 Å². The molecule has 0 fully saturated rings. The van der Waals surface area contributed by atoms with E-state index in [4.69, 9.17) is 17.3 Å². The van der Waals surface area contributed by atoms with Crippen molar-refractivity contribution in [3.8, 4) is 0 Å². The van der Waals surface area contributed by atoms with Gasteiger partial charge in [-0.3, -0.25) is 9.59 Å². The summed E-state index contributed by atoms with van der Waals surface area (Å²) >= 11 is 5.76. The first-order valence-corrected chi connectivity index (χ1v) is 6.21. The topological polar surface area (TPSA) is 84.2 Å². The number of nitrogen functional groups attached to an aromatic ring is 1. The summed E-state index contributed by atoms with van der Waals surface area (Å²) in [5, 5.41) is 5.66. The Hall–Kier alpha value is -1.75. The van der Waals surface area contributed by atoms with Crippen molar-refractivity contribution >= 4 is 29.1 Å². The Morgan fingerprint density at radius 2 is 1.95 bits per heavy atom. The third-order valence-electron chi connectivity index (χ3n) is 2.18. The first-order valence-electron chi connectivity index (χ1n) is 5.83. The number of halogens is 1. The van der Waals surface area contributed by atoms with Crippen molar-refractivity contribution in [1.29, 1.82) is 0 Å². The number of carbonyl (C=O) groups is 2. The summed E-state index contributed by atoms with van der Waals surface area (Å²) in [5.41, 5.74) is 5.97. The van der Waals surface area contributed by atoms with Crippen LogP contribution < -0.4 is 16.4 Å². The number of amides is 2. The lowest BCUT2D eigenvalue weighted by Gasteiger charge is -2.20. The summed E-state index contributed by atoms with van der Waals surface area (Å²) < 4.78 is 0. The third-order valence-corrected chi connectivity index (χ3v) is 2.53. The molecule has 5 nitrogen and oxygen atoms in total. The number of rotatable bonds is 3. The lowest BCUT2D eigenvalue weighted by molar-refractivity contribution is -0.121. The highest BCUT2D eigenvalue weighted by molar-refractivity contribution is 6.33. The minimum atomic E-state index is -0.368. The highest BCUT2D eigenvalue weighted by atomic mass is 35.5. The molecule has 0 radical (unpaired) electrons. The zero-order valence-corrected chi connectivity index (χ0v) is 12.0. The van der Waals surface area contributed by atoms with Gasteiger partial charge < -0.3 is 16.4 Å². The molecule has 0 heterocycles. The van der Waals surface area contributed by atoms with Gasteiger partial charge in [-0.1, -0.05) is 11.6 Å². The van der Waals surface area contributed by atoms with E-state index in [2.05, 4.69) is 10.6 Å². The van der Waals surface area contributed by atoms with Crippen LogP contribution in [0.25, 0.3) is 0 Å². The molecule has 4 N–H and O–H groups in total. The third kappa shape index (κ3) is 5.18. The van der Waals surface area contributed by atoms with Crippen molar-refractivity contribution in [2.45, 2.75) is 26.3 Å². The zero-order chi connectivity index (χ0) is 14.6. The molecule has 104 valence electrons. The van der Waals surface area contributed by atoms with Crippen LogP contribution in [0, 0.1) is 0 Å². The second kappa shape index (κ2) is 5.93. The molecule has 0 aliphatic heterocycles. The summed E-state index contributed by atoms with van der Waals surface area (Å²) in [6, 6.07) is 4.57. The minimum absolute atomic E-state index is 0.0847. The van der Waals surface area contributed by atoms with Crippen LogP contribution in [-0.2, 0) is 4.79 Å². The fourth-order valence-electron chi connectivity index (χ4n) is 1.41. The van der Waals surface area contributed by atoms with Gasteiger partial charge in [-0.25, -0.2) is 0 Å². The molecule has 0 aliphatic rings. The van der Waals surface area contributed by atoms with Crippen molar-refractivity contribution in [1.82, 2.24) is 10.6 Å². The molecule has 2 amide bonds. The summed E-state index contributed by atoms with van der Waals surface area (Å²) in [5.74, 6) is -0.616. The Labute approximate surface area is 117 Å². The Bertz CT molecular complexity index is 495. The van der Waals surface area contributed by atoms with Crippen molar-refractivity contribution < 1.29 is 9.59 Å². The van der Waals surface area contributed by atoms with E-state index in [1.54, 1.807) is 12.1 Å². The van der Waals surface area contributed by atoms with Crippen LogP contribution in [0.15, 0.2) is 18.2 Å². The van der Waals surface area contributed by atoms with Gasteiger partial charge in [0.2, 0.25) is 5.91 Å². The van der Waals surface area contributed by atoms with Gasteiger partial charge in [0.25, 0.3) is 5.91 Å². The number of anilines is 1. The number of nitrogens with one attached hydrogen (secondary N) is 2. The Kier molecular flexibility index (Phi) is 4.78. The standard InChI is InChI=1S/C13H18ClN3O2/c1-13(2,3)17-11(18)7-16-12(19)8-4-5-9(14)10(15)6-8/h4-6H,7,15H2,1-3H3,(H,16,19)(H,17,18). The van der Waals surface area contributed by atoms with E-state index in [0.717, 1.165) is 0 Å². The van der Waals surface area contributed by atoms with Crippen molar-refractivity contribution in [3.05, 3.63) is 28.8 Å². The largest absolute Gasteiger partial charge is 0.398 e. The Morgan fingerprint density at radius 1 is 1.32 bits per heavy atom. The van der Waals surface area contributed by atoms with Crippen molar-refractivity contribution in [3.63, 3.8) is 0 Å². The molecule has 0 saturated heterocycles. The molecular formula is C13H18ClN3O2. The number of benzene rings is 1. The summed E-state index contributed by atoms with van der Waals surface area (Å²) in [6.45, 7) is 5.52. The normalized spacial score (nSPS) is 10.9. The van der Waals surface area contributed by atoms with Crippen LogP contribution in [-0.4, -0.2) is 23.9 Å². The smallest absolute Gasteiger partial charge is 0.251 e. The molecule has 0 bridgehead atoms. The monoisotopic (exact) mass is 283 g/mol. The van der Waals surface area contributed by atoms with E-state index < -0.39 is 0 Å². The first-order chi connectivity index (χ1) is 8.69. The van der Waals surface area contributed by atoms with Gasteiger partial charge in [-0.05, 0) is 39.0 Å². The van der Waals surface area contributed by atoms with E-state index in [9.17, 15) is 9.59 Å². The predicted molar refractivity (Wildman–Crippen MR) is 76.1 cm³/mol. The maximum absolute atomic E-state index is 11.8. The average molecular weight is 284 g/mol. The number of hydrogen-bond donors (Lipinski definition) is 3. The molecule has 0 aliphatic carbocycles. The number of hydrogen-bond acceptors (Lipinski definition) is 3. The second-order valence-electron chi connectivity index (χ2n) is 5.22. The van der Waals surface area contributed by atoms with E-state index in [-0.39, 0.29) is 23.9 Å². The van der Waals surface area contributed by atoms with E-state index >= 15 is 0 Å². The minimum Gasteiger partial charge on any atom is -0.398 e. The lowest BCUT2D eigenvalue weighted by Crippen LogP contribution is -2.45. The van der Waals surface area contributed by atoms with Crippen LogP contribution in [0.4, 0.5) is 5.69 Å². The van der Waals surface area contributed by atoms with E-state index in [1.807, 2.05) is 20.8 Å². The van der Waals surface area contributed by atoms with Gasteiger partial charge in [0.05, 0.1) is 17.3 Å². The molecule has 0 saturated carbocycles. The van der Waals surface area contributed by atoms with Gasteiger partial charge in [0, 0.05) is 11.1 Å². The molecule has 6 heteroatoms. The molecule has 0 spiro atoms. The summed E-state index contributed by atoms with van der Waals surface area (Å²) in [7, 11) is 0. The maximum Gasteiger partial charge on any atom is 0.251 e. The van der Waals surface area contributed by atoms with Gasteiger partial charge in [0.1, 0.15) is 0 Å². The molecule has 19 heavy (non-hydrogen) atoms. The zero-order valence-electron chi connectivity index (χ0n) is 11.2. The molecule has 0 aromatic heterocycles.